The van der Waals surface area contributed by atoms with E-state index in [-0.39, 0.29) is 0 Å². The molecule has 0 saturated heterocycles. The lowest BCUT2D eigenvalue weighted by Gasteiger charge is -2.10. The second-order valence-electron chi connectivity index (χ2n) is 10.2. The van der Waals surface area contributed by atoms with Crippen LogP contribution in [-0.2, 0) is 0 Å². The molecule has 3 aromatic heterocycles. The third-order valence-corrected chi connectivity index (χ3v) is 9.34. The first-order valence-electron chi connectivity index (χ1n) is 12.8. The summed E-state index contributed by atoms with van der Waals surface area (Å²) in [6.07, 6.45) is 0. The third kappa shape index (κ3) is 2.73. The van der Waals surface area contributed by atoms with Crippen LogP contribution < -0.4 is 9.47 Å². The molecule has 0 unspecified atom stereocenters. The first-order chi connectivity index (χ1) is 18.6. The largest absolute Gasteiger partial charge is 0.497 e. The summed E-state index contributed by atoms with van der Waals surface area (Å²) in [6, 6.07) is 28.8. The van der Waals surface area contributed by atoms with Crippen molar-refractivity contribution >= 4 is 69.6 Å². The highest BCUT2D eigenvalue weighted by atomic mass is 32.1. The Kier molecular flexibility index (Phi) is 4.37. The van der Waals surface area contributed by atoms with E-state index in [1.165, 1.54) is 80.5 Å². The maximum atomic E-state index is 5.94. The number of rotatable bonds is 3. The molecule has 0 N–H and O–H groups in total. The van der Waals surface area contributed by atoms with Crippen LogP contribution in [0.3, 0.4) is 0 Å². The summed E-state index contributed by atoms with van der Waals surface area (Å²) in [5.41, 5.74) is 8.90. The second kappa shape index (κ2) is 7.62. The molecule has 5 aromatic carbocycles. The molecule has 0 radical (unpaired) electrons. The van der Waals surface area contributed by atoms with Crippen molar-refractivity contribution in [2.75, 3.05) is 14.2 Å². The lowest BCUT2D eigenvalue weighted by atomic mass is 9.95. The van der Waals surface area contributed by atoms with Gasteiger partial charge in [0, 0.05) is 20.9 Å². The SMILES string of the molecule is COc1ccc2cc3c4ccc(OC)c5c6sc7ccc(-c8c(C)cccc8C)cc7c6n(c3cc2c1)c45. The number of aryl methyl sites for hydroxylation is 2. The number of nitrogens with zero attached hydrogens (tertiary/aromatic N) is 1. The predicted octanol–water partition coefficient (Wildman–Crippen LogP) is 9.51. The average Bonchev–Trinajstić information content (AvgIpc) is 3.56. The maximum absolute atomic E-state index is 5.94. The van der Waals surface area contributed by atoms with Crippen molar-refractivity contribution in [2.24, 2.45) is 0 Å². The van der Waals surface area contributed by atoms with Crippen LogP contribution in [0.1, 0.15) is 11.1 Å². The van der Waals surface area contributed by atoms with Gasteiger partial charge < -0.3 is 13.9 Å². The molecule has 3 nitrogen and oxygen atoms in total. The number of ether oxygens (including phenoxy) is 2. The Morgan fingerprint density at radius 1 is 0.684 bits per heavy atom. The van der Waals surface area contributed by atoms with Crippen LogP contribution in [0.4, 0.5) is 0 Å². The summed E-state index contributed by atoms with van der Waals surface area (Å²) in [6.45, 7) is 4.40. The monoisotopic (exact) mass is 511 g/mol. The number of methoxy groups -OCH3 is 2. The molecule has 184 valence electrons. The minimum Gasteiger partial charge on any atom is -0.497 e. The highest BCUT2D eigenvalue weighted by Gasteiger charge is 2.24. The van der Waals surface area contributed by atoms with Crippen molar-refractivity contribution in [1.29, 1.82) is 0 Å². The Morgan fingerprint density at radius 3 is 2.32 bits per heavy atom. The van der Waals surface area contributed by atoms with Gasteiger partial charge in [0.1, 0.15) is 11.5 Å². The van der Waals surface area contributed by atoms with E-state index in [4.69, 9.17) is 9.47 Å². The van der Waals surface area contributed by atoms with Gasteiger partial charge in [0.25, 0.3) is 0 Å². The van der Waals surface area contributed by atoms with Crippen molar-refractivity contribution in [2.45, 2.75) is 13.8 Å². The molecule has 0 aliphatic carbocycles. The third-order valence-electron chi connectivity index (χ3n) is 8.16. The molecular formula is C34H25NO2S. The summed E-state index contributed by atoms with van der Waals surface area (Å²) < 4.78 is 16.5. The number of hydrogen-bond donors (Lipinski definition) is 0. The second-order valence-corrected chi connectivity index (χ2v) is 11.3. The quantitative estimate of drug-likeness (QED) is 0.236. The molecule has 38 heavy (non-hydrogen) atoms. The van der Waals surface area contributed by atoms with Crippen LogP contribution >= 0.6 is 11.3 Å². The van der Waals surface area contributed by atoms with E-state index >= 15 is 0 Å². The van der Waals surface area contributed by atoms with Crippen LogP contribution in [0.15, 0.2) is 78.9 Å². The smallest absolute Gasteiger partial charge is 0.129 e. The highest BCUT2D eigenvalue weighted by Crippen LogP contribution is 2.49. The molecule has 0 amide bonds. The Balaban J connectivity index is 1.58. The van der Waals surface area contributed by atoms with E-state index in [2.05, 4.69) is 91.0 Å². The summed E-state index contributed by atoms with van der Waals surface area (Å²) in [5.74, 6) is 1.80. The number of aromatic nitrogens is 1. The van der Waals surface area contributed by atoms with Gasteiger partial charge in [-0.15, -0.1) is 11.3 Å². The van der Waals surface area contributed by atoms with E-state index in [0.717, 1.165) is 11.5 Å². The number of benzene rings is 5. The zero-order valence-corrected chi connectivity index (χ0v) is 22.5. The summed E-state index contributed by atoms with van der Waals surface area (Å²) >= 11 is 1.86. The fraction of sp³-hybridized carbons (Fsp3) is 0.118. The van der Waals surface area contributed by atoms with Crippen LogP contribution in [0.5, 0.6) is 11.5 Å². The van der Waals surface area contributed by atoms with Gasteiger partial charge in [-0.3, -0.25) is 0 Å². The molecule has 0 spiro atoms. The molecule has 4 heteroatoms. The Bertz CT molecular complexity index is 2210. The maximum Gasteiger partial charge on any atom is 0.129 e. The zero-order valence-electron chi connectivity index (χ0n) is 21.7. The van der Waals surface area contributed by atoms with Crippen LogP contribution in [0.2, 0.25) is 0 Å². The first-order valence-corrected chi connectivity index (χ1v) is 13.7. The Morgan fingerprint density at radius 2 is 1.53 bits per heavy atom. The molecule has 0 saturated carbocycles. The molecule has 8 rings (SSSR count). The lowest BCUT2D eigenvalue weighted by Crippen LogP contribution is -1.88. The number of fused-ring (bicyclic) bond motifs is 9. The molecular weight excluding hydrogens is 486 g/mol. The predicted molar refractivity (Wildman–Crippen MR) is 162 cm³/mol. The first kappa shape index (κ1) is 21.8. The molecule has 8 aromatic rings. The van der Waals surface area contributed by atoms with Crippen molar-refractivity contribution < 1.29 is 9.47 Å². The molecule has 0 atom stereocenters. The van der Waals surface area contributed by atoms with E-state index < -0.39 is 0 Å². The average molecular weight is 512 g/mol. The van der Waals surface area contributed by atoms with Crippen molar-refractivity contribution in [3.63, 3.8) is 0 Å². The van der Waals surface area contributed by atoms with Gasteiger partial charge in [-0.2, -0.15) is 0 Å². The van der Waals surface area contributed by atoms with Gasteiger partial charge in [-0.25, -0.2) is 0 Å². The van der Waals surface area contributed by atoms with Crippen molar-refractivity contribution in [3.8, 4) is 22.6 Å². The van der Waals surface area contributed by atoms with Gasteiger partial charge in [0.15, 0.2) is 0 Å². The topological polar surface area (TPSA) is 22.9 Å². The van der Waals surface area contributed by atoms with Gasteiger partial charge >= 0.3 is 0 Å². The minimum atomic E-state index is 0.872. The van der Waals surface area contributed by atoms with E-state index in [1.54, 1.807) is 14.2 Å². The van der Waals surface area contributed by atoms with Gasteiger partial charge in [-0.05, 0) is 95.4 Å². The van der Waals surface area contributed by atoms with Crippen molar-refractivity contribution in [3.05, 3.63) is 90.0 Å². The summed E-state index contributed by atoms with van der Waals surface area (Å²) in [4.78, 5) is 0. The normalized spacial score (nSPS) is 12.2. The summed E-state index contributed by atoms with van der Waals surface area (Å²) in [5, 5.41) is 7.39. The minimum absolute atomic E-state index is 0.872. The number of hydrogen-bond acceptors (Lipinski definition) is 3. The van der Waals surface area contributed by atoms with E-state index in [1.807, 2.05) is 17.4 Å². The Labute approximate surface area is 223 Å². The molecule has 0 fully saturated rings. The molecule has 3 heterocycles. The van der Waals surface area contributed by atoms with Crippen molar-refractivity contribution in [1.82, 2.24) is 4.40 Å². The fourth-order valence-electron chi connectivity index (χ4n) is 6.46. The Hall–Kier alpha value is -4.28. The number of thiophene rings is 1. The summed E-state index contributed by atoms with van der Waals surface area (Å²) in [7, 11) is 3.50. The van der Waals surface area contributed by atoms with Crippen LogP contribution in [0, 0.1) is 13.8 Å². The highest BCUT2D eigenvalue weighted by molar-refractivity contribution is 7.26. The molecule has 0 aliphatic rings. The van der Waals surface area contributed by atoms with Crippen LogP contribution in [-0.4, -0.2) is 18.6 Å². The van der Waals surface area contributed by atoms with E-state index in [9.17, 15) is 0 Å². The standard InChI is InChI=1S/C34H25NO2S/c1-18-6-5-7-19(2)30(18)21-9-13-29-26(16-21)33-34(38-29)31-28(37-4)12-11-24-25-15-20-8-10-23(36-3)14-22(20)17-27(25)35(33)32(24)31/h5-17H,1-4H3. The zero-order chi connectivity index (χ0) is 25.7. The van der Waals surface area contributed by atoms with Gasteiger partial charge in [0.2, 0.25) is 0 Å². The van der Waals surface area contributed by atoms with Crippen LogP contribution in [0.25, 0.3) is 69.4 Å². The molecule has 0 aliphatic heterocycles. The van der Waals surface area contributed by atoms with E-state index in [0.29, 0.717) is 0 Å². The van der Waals surface area contributed by atoms with Gasteiger partial charge in [-0.1, -0.05) is 30.3 Å². The van der Waals surface area contributed by atoms with Gasteiger partial charge in [0.05, 0.1) is 40.9 Å². The lowest BCUT2D eigenvalue weighted by molar-refractivity contribution is 0.415. The fourth-order valence-corrected chi connectivity index (χ4v) is 7.68. The molecule has 0 bridgehead atoms.